The fraction of sp³-hybridized carbons (Fsp3) is 0.353. The van der Waals surface area contributed by atoms with Crippen LogP contribution in [-0.4, -0.2) is 19.1 Å². The quantitative estimate of drug-likeness (QED) is 0.925. The van der Waals surface area contributed by atoms with E-state index in [2.05, 4.69) is 42.3 Å². The molecule has 1 N–H and O–H groups in total. The molecule has 3 nitrogen and oxygen atoms in total. The van der Waals surface area contributed by atoms with E-state index in [0.717, 1.165) is 22.7 Å². The third-order valence-electron chi connectivity index (χ3n) is 3.59. The van der Waals surface area contributed by atoms with Crippen molar-refractivity contribution in [3.63, 3.8) is 0 Å². The van der Waals surface area contributed by atoms with Crippen molar-refractivity contribution in [2.24, 2.45) is 0 Å². The van der Waals surface area contributed by atoms with E-state index in [1.165, 1.54) is 11.1 Å². The zero-order valence-corrected chi connectivity index (χ0v) is 12.8. The van der Waals surface area contributed by atoms with Gasteiger partial charge in [0.25, 0.3) is 0 Å². The molecule has 1 unspecified atom stereocenters. The zero-order valence-electron chi connectivity index (χ0n) is 12.8. The SMILES string of the molecule is CNC(c1cccc(C)n1)c1cc(C)c(OC)cc1C. The normalized spacial score (nSPS) is 12.2. The number of nitrogens with one attached hydrogen (secondary N) is 1. The molecule has 0 amide bonds. The number of rotatable bonds is 4. The van der Waals surface area contributed by atoms with Crippen LogP contribution in [0.5, 0.6) is 5.75 Å². The molecule has 1 aromatic heterocycles. The van der Waals surface area contributed by atoms with E-state index >= 15 is 0 Å². The average Bonchev–Trinajstić information content (AvgIpc) is 2.43. The highest BCUT2D eigenvalue weighted by atomic mass is 16.5. The van der Waals surface area contributed by atoms with E-state index in [1.54, 1.807) is 7.11 Å². The van der Waals surface area contributed by atoms with Gasteiger partial charge in [0.1, 0.15) is 5.75 Å². The summed E-state index contributed by atoms with van der Waals surface area (Å²) in [6, 6.07) is 10.5. The standard InChI is InChI=1S/C17H22N2O/c1-11-10-16(20-5)12(2)9-14(11)17(18-4)15-8-6-7-13(3)19-15/h6-10,17-18H,1-5H3. The van der Waals surface area contributed by atoms with E-state index in [9.17, 15) is 0 Å². The van der Waals surface area contributed by atoms with Crippen molar-refractivity contribution in [3.05, 3.63) is 58.4 Å². The van der Waals surface area contributed by atoms with Gasteiger partial charge in [-0.2, -0.15) is 0 Å². The number of benzene rings is 1. The topological polar surface area (TPSA) is 34.2 Å². The molecule has 0 aliphatic heterocycles. The summed E-state index contributed by atoms with van der Waals surface area (Å²) >= 11 is 0. The van der Waals surface area contributed by atoms with E-state index in [4.69, 9.17) is 4.74 Å². The molecule has 0 spiro atoms. The summed E-state index contributed by atoms with van der Waals surface area (Å²) in [5, 5.41) is 3.36. The summed E-state index contributed by atoms with van der Waals surface area (Å²) in [4.78, 5) is 4.64. The minimum atomic E-state index is 0.0968. The monoisotopic (exact) mass is 270 g/mol. The van der Waals surface area contributed by atoms with Gasteiger partial charge in [-0.3, -0.25) is 4.98 Å². The third kappa shape index (κ3) is 2.83. The maximum atomic E-state index is 5.38. The number of methoxy groups -OCH3 is 1. The maximum absolute atomic E-state index is 5.38. The van der Waals surface area contributed by atoms with Gasteiger partial charge >= 0.3 is 0 Å². The molecule has 2 rings (SSSR count). The fourth-order valence-electron chi connectivity index (χ4n) is 2.53. The molecule has 2 aromatic rings. The van der Waals surface area contributed by atoms with Crippen LogP contribution >= 0.6 is 0 Å². The Kier molecular flexibility index (Phi) is 4.40. The summed E-state index contributed by atoms with van der Waals surface area (Å²) < 4.78 is 5.38. The fourth-order valence-corrected chi connectivity index (χ4v) is 2.53. The Hall–Kier alpha value is -1.87. The molecule has 3 heteroatoms. The number of pyridine rings is 1. The number of ether oxygens (including phenoxy) is 1. The number of hydrogen-bond acceptors (Lipinski definition) is 3. The van der Waals surface area contributed by atoms with E-state index in [-0.39, 0.29) is 6.04 Å². The number of nitrogens with zero attached hydrogens (tertiary/aromatic N) is 1. The smallest absolute Gasteiger partial charge is 0.122 e. The van der Waals surface area contributed by atoms with Gasteiger partial charge in [0.05, 0.1) is 18.8 Å². The molecule has 0 saturated heterocycles. The molecule has 1 heterocycles. The van der Waals surface area contributed by atoms with Gasteiger partial charge in [-0.1, -0.05) is 12.1 Å². The van der Waals surface area contributed by atoms with Gasteiger partial charge in [-0.05, 0) is 62.7 Å². The molecule has 1 atom stereocenters. The highest BCUT2D eigenvalue weighted by Gasteiger charge is 2.17. The molecule has 0 fully saturated rings. The second kappa shape index (κ2) is 6.06. The molecule has 0 radical (unpaired) electrons. The van der Waals surface area contributed by atoms with Crippen LogP contribution < -0.4 is 10.1 Å². The van der Waals surface area contributed by atoms with Crippen molar-refractivity contribution in [3.8, 4) is 5.75 Å². The molecule has 20 heavy (non-hydrogen) atoms. The first-order valence-corrected chi connectivity index (χ1v) is 6.82. The van der Waals surface area contributed by atoms with Crippen molar-refractivity contribution >= 4 is 0 Å². The Balaban J connectivity index is 2.49. The Morgan fingerprint density at radius 2 is 1.85 bits per heavy atom. The van der Waals surface area contributed by atoms with Crippen LogP contribution in [0.3, 0.4) is 0 Å². The van der Waals surface area contributed by atoms with E-state index in [0.29, 0.717) is 0 Å². The average molecular weight is 270 g/mol. The number of aromatic nitrogens is 1. The Morgan fingerprint density at radius 3 is 2.45 bits per heavy atom. The van der Waals surface area contributed by atoms with Gasteiger partial charge in [0.15, 0.2) is 0 Å². The predicted molar refractivity (Wildman–Crippen MR) is 82.3 cm³/mol. The summed E-state index contributed by atoms with van der Waals surface area (Å²) in [6.07, 6.45) is 0. The summed E-state index contributed by atoms with van der Waals surface area (Å²) in [7, 11) is 3.67. The Labute approximate surface area is 121 Å². The van der Waals surface area contributed by atoms with Gasteiger partial charge in [0, 0.05) is 5.69 Å². The first-order valence-electron chi connectivity index (χ1n) is 6.82. The summed E-state index contributed by atoms with van der Waals surface area (Å²) in [5.41, 5.74) is 5.66. The van der Waals surface area contributed by atoms with Crippen molar-refractivity contribution in [1.29, 1.82) is 0 Å². The highest BCUT2D eigenvalue weighted by molar-refractivity contribution is 5.45. The molecule has 0 bridgehead atoms. The van der Waals surface area contributed by atoms with Crippen LogP contribution in [0.15, 0.2) is 30.3 Å². The molecular formula is C17H22N2O. The van der Waals surface area contributed by atoms with E-state index in [1.807, 2.05) is 26.1 Å². The van der Waals surface area contributed by atoms with Gasteiger partial charge < -0.3 is 10.1 Å². The van der Waals surface area contributed by atoms with Crippen LogP contribution in [-0.2, 0) is 0 Å². The summed E-state index contributed by atoms with van der Waals surface area (Å²) in [6.45, 7) is 6.19. The van der Waals surface area contributed by atoms with Gasteiger partial charge in [-0.25, -0.2) is 0 Å². The van der Waals surface area contributed by atoms with Crippen molar-refractivity contribution < 1.29 is 4.74 Å². The highest BCUT2D eigenvalue weighted by Crippen LogP contribution is 2.29. The second-order valence-electron chi connectivity index (χ2n) is 5.10. The van der Waals surface area contributed by atoms with Crippen LogP contribution in [0.2, 0.25) is 0 Å². The Morgan fingerprint density at radius 1 is 1.10 bits per heavy atom. The van der Waals surface area contributed by atoms with Crippen molar-refractivity contribution in [1.82, 2.24) is 10.3 Å². The molecular weight excluding hydrogens is 248 g/mol. The molecule has 0 aliphatic rings. The summed E-state index contributed by atoms with van der Waals surface area (Å²) in [5.74, 6) is 0.929. The number of hydrogen-bond donors (Lipinski definition) is 1. The van der Waals surface area contributed by atoms with Crippen LogP contribution in [0.1, 0.15) is 34.1 Å². The number of aryl methyl sites for hydroxylation is 3. The van der Waals surface area contributed by atoms with Crippen molar-refractivity contribution in [2.75, 3.05) is 14.2 Å². The Bertz CT molecular complexity index is 608. The minimum absolute atomic E-state index is 0.0968. The predicted octanol–water partition coefficient (Wildman–Crippen LogP) is 3.32. The third-order valence-corrected chi connectivity index (χ3v) is 3.59. The maximum Gasteiger partial charge on any atom is 0.122 e. The largest absolute Gasteiger partial charge is 0.496 e. The lowest BCUT2D eigenvalue weighted by atomic mass is 9.95. The second-order valence-corrected chi connectivity index (χ2v) is 5.10. The van der Waals surface area contributed by atoms with Gasteiger partial charge in [-0.15, -0.1) is 0 Å². The van der Waals surface area contributed by atoms with Crippen LogP contribution in [0.4, 0.5) is 0 Å². The zero-order chi connectivity index (χ0) is 14.7. The minimum Gasteiger partial charge on any atom is -0.496 e. The first-order chi connectivity index (χ1) is 9.56. The molecule has 0 aliphatic carbocycles. The van der Waals surface area contributed by atoms with E-state index < -0.39 is 0 Å². The van der Waals surface area contributed by atoms with Crippen LogP contribution in [0, 0.1) is 20.8 Å². The van der Waals surface area contributed by atoms with Gasteiger partial charge in [0.2, 0.25) is 0 Å². The molecule has 1 aromatic carbocycles. The lowest BCUT2D eigenvalue weighted by Gasteiger charge is -2.20. The lowest BCUT2D eigenvalue weighted by Crippen LogP contribution is -2.20. The lowest BCUT2D eigenvalue weighted by molar-refractivity contribution is 0.411. The van der Waals surface area contributed by atoms with Crippen LogP contribution in [0.25, 0.3) is 0 Å². The molecule has 106 valence electrons. The van der Waals surface area contributed by atoms with Crippen molar-refractivity contribution in [2.45, 2.75) is 26.8 Å². The molecule has 0 saturated carbocycles. The first kappa shape index (κ1) is 14.5.